The van der Waals surface area contributed by atoms with Crippen molar-refractivity contribution in [2.24, 2.45) is 0 Å². The zero-order valence-electron chi connectivity index (χ0n) is 34.7. The van der Waals surface area contributed by atoms with Crippen molar-refractivity contribution in [1.29, 1.82) is 0 Å². The number of hydrogen-bond donors (Lipinski definition) is 3. The van der Waals surface area contributed by atoms with Crippen molar-refractivity contribution in [2.75, 3.05) is 58.5 Å². The van der Waals surface area contributed by atoms with Gasteiger partial charge < -0.3 is 39.5 Å². The number of aromatic nitrogens is 3. The maximum absolute atomic E-state index is 13.0. The van der Waals surface area contributed by atoms with Gasteiger partial charge in [0.1, 0.15) is 22.8 Å². The Morgan fingerprint density at radius 2 is 1.50 bits per heavy atom. The van der Waals surface area contributed by atoms with Crippen LogP contribution in [-0.2, 0) is 9.16 Å². The Bertz CT molecular complexity index is 1860. The highest BCUT2D eigenvalue weighted by Gasteiger charge is 2.26. The van der Waals surface area contributed by atoms with Crippen LogP contribution in [0.25, 0.3) is 22.3 Å². The van der Waals surface area contributed by atoms with Gasteiger partial charge in [-0.2, -0.15) is 0 Å². The molecule has 2 amide bonds. The third-order valence-electron chi connectivity index (χ3n) is 9.43. The molecule has 56 heavy (non-hydrogen) atoms. The fourth-order valence-corrected chi connectivity index (χ4v) is 6.61. The minimum absolute atomic E-state index is 0.283. The van der Waals surface area contributed by atoms with E-state index in [1.807, 2.05) is 57.2 Å². The molecule has 2 aromatic heterocycles. The molecule has 0 atom stereocenters. The number of anilines is 2. The zero-order valence-corrected chi connectivity index (χ0v) is 35.7. The molecule has 0 bridgehead atoms. The number of alkyl carbamates (subject to hydrolysis) is 1. The van der Waals surface area contributed by atoms with Crippen LogP contribution in [0.1, 0.15) is 70.8 Å². The van der Waals surface area contributed by atoms with Crippen LogP contribution in [0.2, 0.25) is 18.6 Å². The summed E-state index contributed by atoms with van der Waals surface area (Å²) in [5.74, 6) is 1.11. The Morgan fingerprint density at radius 1 is 0.804 bits per heavy atom. The van der Waals surface area contributed by atoms with Crippen LogP contribution >= 0.6 is 0 Å². The minimum Gasteiger partial charge on any atom is -0.497 e. The number of amides is 2. The summed E-state index contributed by atoms with van der Waals surface area (Å²) < 4.78 is 22.7. The number of benzene rings is 2. The van der Waals surface area contributed by atoms with Gasteiger partial charge in [-0.25, -0.2) is 9.78 Å². The lowest BCUT2D eigenvalue weighted by atomic mass is 10.1. The van der Waals surface area contributed by atoms with Crippen LogP contribution in [0.15, 0.2) is 60.9 Å². The number of pyridine rings is 1. The van der Waals surface area contributed by atoms with Crippen LogP contribution in [0, 0.1) is 0 Å². The number of carbonyl (C=O) groups excluding carboxylic acids is 2. The Balaban J connectivity index is 1.43. The molecule has 4 aromatic rings. The summed E-state index contributed by atoms with van der Waals surface area (Å²) in [7, 11) is 1.68. The van der Waals surface area contributed by atoms with E-state index in [-0.39, 0.29) is 11.6 Å². The van der Waals surface area contributed by atoms with Crippen molar-refractivity contribution in [3.8, 4) is 22.8 Å². The Hall–Kier alpha value is -4.79. The molecule has 14 heteroatoms. The van der Waals surface area contributed by atoms with Gasteiger partial charge in [-0.3, -0.25) is 14.8 Å². The van der Waals surface area contributed by atoms with Crippen molar-refractivity contribution < 1.29 is 28.2 Å². The molecule has 0 fully saturated rings. The van der Waals surface area contributed by atoms with Crippen LogP contribution in [-0.4, -0.2) is 94.4 Å². The number of unbranched alkanes of at least 4 members (excludes halogenated alkanes) is 1. The Labute approximate surface area is 333 Å². The molecule has 13 nitrogen and oxygen atoms in total. The van der Waals surface area contributed by atoms with Crippen molar-refractivity contribution in [3.63, 3.8) is 0 Å². The number of methoxy groups -OCH3 is 2. The van der Waals surface area contributed by atoms with Gasteiger partial charge in [-0.05, 0) is 109 Å². The smallest absolute Gasteiger partial charge is 0.407 e. The first-order valence-electron chi connectivity index (χ1n) is 19.5. The normalized spacial score (nSPS) is 11.8. The van der Waals surface area contributed by atoms with E-state index in [2.05, 4.69) is 58.8 Å². The monoisotopic (exact) mass is 787 g/mol. The first kappa shape index (κ1) is 43.9. The minimum atomic E-state index is -1.62. The molecule has 0 aliphatic heterocycles. The highest BCUT2D eigenvalue weighted by molar-refractivity contribution is 6.72. The molecule has 0 aliphatic rings. The lowest BCUT2D eigenvalue weighted by Crippen LogP contribution is -2.35. The summed E-state index contributed by atoms with van der Waals surface area (Å²) in [4.78, 5) is 41.0. The number of nitrogens with zero attached hydrogens (tertiary/aromatic N) is 4. The van der Waals surface area contributed by atoms with E-state index < -0.39 is 20.0 Å². The largest absolute Gasteiger partial charge is 0.497 e. The van der Waals surface area contributed by atoms with Crippen LogP contribution in [0.4, 0.5) is 16.2 Å². The van der Waals surface area contributed by atoms with Crippen molar-refractivity contribution >= 4 is 42.7 Å². The second-order valence-electron chi connectivity index (χ2n) is 15.5. The van der Waals surface area contributed by atoms with Gasteiger partial charge in [-0.1, -0.05) is 13.8 Å². The zero-order chi connectivity index (χ0) is 40.7. The van der Waals surface area contributed by atoms with E-state index >= 15 is 0 Å². The number of fused-ring (bicyclic) bond motifs is 1. The summed E-state index contributed by atoms with van der Waals surface area (Å²) in [6.07, 6.45) is 6.11. The summed E-state index contributed by atoms with van der Waals surface area (Å²) in [5, 5.41) is 9.23. The first-order valence-corrected chi connectivity index (χ1v) is 22.5. The summed E-state index contributed by atoms with van der Waals surface area (Å²) >= 11 is 0. The summed E-state index contributed by atoms with van der Waals surface area (Å²) in [5.41, 5.74) is 5.04. The maximum Gasteiger partial charge on any atom is 0.407 e. The number of hydrogen-bond acceptors (Lipinski definition) is 11. The van der Waals surface area contributed by atoms with Gasteiger partial charge in [0.05, 0.1) is 37.1 Å². The average molecular weight is 788 g/mol. The molecule has 2 aromatic carbocycles. The lowest BCUT2D eigenvalue weighted by Gasteiger charge is -2.27. The Morgan fingerprint density at radius 3 is 2.18 bits per heavy atom. The number of rotatable bonds is 21. The quantitative estimate of drug-likeness (QED) is 0.0559. The van der Waals surface area contributed by atoms with Crippen LogP contribution in [0.3, 0.4) is 0 Å². The van der Waals surface area contributed by atoms with Crippen molar-refractivity contribution in [3.05, 3.63) is 66.6 Å². The highest BCUT2D eigenvalue weighted by atomic mass is 28.4. The van der Waals surface area contributed by atoms with E-state index in [0.29, 0.717) is 54.2 Å². The van der Waals surface area contributed by atoms with Gasteiger partial charge in [0.15, 0.2) is 8.32 Å². The fourth-order valence-electron chi connectivity index (χ4n) is 5.61. The third kappa shape index (κ3) is 13.7. The van der Waals surface area contributed by atoms with Gasteiger partial charge in [-0.15, -0.1) is 0 Å². The summed E-state index contributed by atoms with van der Waals surface area (Å²) in [6, 6.07) is 15.5. The standard InChI is InChI=1S/C42H61N7O6Si/c1-30(2)56(8,9)54-23-13-18-43-17-12-22-49(33-25-34(52-6)28-35(26-33)53-7)32-14-15-36-37(27-32)48-39(29-47-36)31-16-21-44-38(24-31)40(50)45-19-10-11-20-46-41(51)55-42(3,4)5/h14-16,21,24-30,43H,10-13,17-20,22-23H2,1-9H3,(H,45,50)(H,46,51). The molecule has 0 saturated heterocycles. The molecule has 3 N–H and O–H groups in total. The molecule has 304 valence electrons. The van der Waals surface area contributed by atoms with Gasteiger partial charge in [0, 0.05) is 67.6 Å². The molecule has 0 radical (unpaired) electrons. The molecule has 0 saturated carbocycles. The molecule has 0 spiro atoms. The first-order chi connectivity index (χ1) is 26.7. The molecular formula is C42H61N7O6Si. The average Bonchev–Trinajstić information content (AvgIpc) is 3.17. The van der Waals surface area contributed by atoms with Gasteiger partial charge >= 0.3 is 6.09 Å². The molecule has 4 rings (SSSR count). The lowest BCUT2D eigenvalue weighted by molar-refractivity contribution is 0.0526. The fraction of sp³-hybridized carbons (Fsp3) is 0.500. The van der Waals surface area contributed by atoms with Gasteiger partial charge in [0.2, 0.25) is 0 Å². The van der Waals surface area contributed by atoms with Crippen LogP contribution < -0.4 is 30.3 Å². The molecule has 0 unspecified atom stereocenters. The summed E-state index contributed by atoms with van der Waals surface area (Å²) in [6.45, 7) is 18.7. The van der Waals surface area contributed by atoms with E-state index in [9.17, 15) is 9.59 Å². The van der Waals surface area contributed by atoms with Gasteiger partial charge in [0.25, 0.3) is 5.91 Å². The predicted octanol–water partition coefficient (Wildman–Crippen LogP) is 7.88. The Kier molecular flexibility index (Phi) is 16.4. The van der Waals surface area contributed by atoms with E-state index in [4.69, 9.17) is 28.6 Å². The van der Waals surface area contributed by atoms with Crippen LogP contribution in [0.5, 0.6) is 11.5 Å². The predicted molar refractivity (Wildman–Crippen MR) is 226 cm³/mol. The second kappa shape index (κ2) is 20.9. The number of carbonyl (C=O) groups is 2. The van der Waals surface area contributed by atoms with E-state index in [1.165, 1.54) is 0 Å². The molecule has 0 aliphatic carbocycles. The SMILES string of the molecule is COc1cc(OC)cc(N(CCCNCCCO[Si](C)(C)C(C)C)c2ccc3ncc(-c4ccnc(C(=O)NCCCCNC(=O)OC(C)(C)C)c4)nc3c2)c1. The third-order valence-corrected chi connectivity index (χ3v) is 13.2. The van der Waals surface area contributed by atoms with E-state index in [1.54, 1.807) is 32.7 Å². The number of ether oxygens (including phenoxy) is 3. The number of nitrogens with one attached hydrogen (secondary N) is 3. The molecule has 2 heterocycles. The second-order valence-corrected chi connectivity index (χ2v) is 20.2. The highest BCUT2D eigenvalue weighted by Crippen LogP contribution is 2.34. The van der Waals surface area contributed by atoms with Crippen molar-refractivity contribution in [1.82, 2.24) is 30.9 Å². The van der Waals surface area contributed by atoms with E-state index in [0.717, 1.165) is 61.5 Å². The van der Waals surface area contributed by atoms with Crippen molar-refractivity contribution in [2.45, 2.75) is 84.5 Å². The topological polar surface area (TPSA) is 149 Å². The maximum atomic E-state index is 13.0. The molecular weight excluding hydrogens is 727 g/mol.